The van der Waals surface area contributed by atoms with Gasteiger partial charge in [0.1, 0.15) is 17.0 Å². The molecule has 0 fully saturated rings. The van der Waals surface area contributed by atoms with E-state index in [0.717, 1.165) is 27.6 Å². The van der Waals surface area contributed by atoms with Gasteiger partial charge in [0.2, 0.25) is 0 Å². The Balaban J connectivity index is 2.08. The summed E-state index contributed by atoms with van der Waals surface area (Å²) in [7, 11) is 1.66. The highest BCUT2D eigenvalue weighted by Gasteiger charge is 2.12. The first-order chi connectivity index (χ1) is 11.6. The Bertz CT molecular complexity index is 863. The third kappa shape index (κ3) is 3.37. The number of aromatic nitrogens is 1. The smallest absolute Gasteiger partial charge is 0.137 e. The highest BCUT2D eigenvalue weighted by Crippen LogP contribution is 2.35. The fraction of sp³-hybridized carbons (Fsp3) is 0.250. The molecule has 1 heterocycles. The standard InChI is InChI=1S/C20H20ClNO2/c1-13-6-4-5-7-16(13)19-11-22-20(21)18-10-15(8-9-17(18)19)24-14(2)12-23-3/h4-11,14H,12H2,1-3H3. The number of pyridine rings is 1. The first-order valence-corrected chi connectivity index (χ1v) is 8.28. The van der Waals surface area contributed by atoms with E-state index in [9.17, 15) is 0 Å². The second-order valence-corrected chi connectivity index (χ2v) is 6.23. The van der Waals surface area contributed by atoms with Gasteiger partial charge in [-0.2, -0.15) is 0 Å². The van der Waals surface area contributed by atoms with Crippen LogP contribution in [0.4, 0.5) is 0 Å². The summed E-state index contributed by atoms with van der Waals surface area (Å²) in [6.45, 7) is 4.60. The predicted molar refractivity (Wildman–Crippen MR) is 98.9 cm³/mol. The van der Waals surface area contributed by atoms with Crippen LogP contribution in [0.25, 0.3) is 21.9 Å². The van der Waals surface area contributed by atoms with Crippen molar-refractivity contribution in [1.82, 2.24) is 4.98 Å². The van der Waals surface area contributed by atoms with E-state index in [1.807, 2.05) is 43.5 Å². The monoisotopic (exact) mass is 341 g/mol. The van der Waals surface area contributed by atoms with Crippen LogP contribution >= 0.6 is 11.6 Å². The van der Waals surface area contributed by atoms with E-state index in [1.54, 1.807) is 7.11 Å². The van der Waals surface area contributed by atoms with Crippen molar-refractivity contribution in [3.63, 3.8) is 0 Å². The number of ether oxygens (including phenoxy) is 2. The number of aryl methyl sites for hydroxylation is 1. The summed E-state index contributed by atoms with van der Waals surface area (Å²) in [5.41, 5.74) is 3.44. The van der Waals surface area contributed by atoms with E-state index in [2.05, 4.69) is 24.0 Å². The van der Waals surface area contributed by atoms with Crippen LogP contribution in [-0.4, -0.2) is 24.8 Å². The van der Waals surface area contributed by atoms with E-state index in [1.165, 1.54) is 5.56 Å². The van der Waals surface area contributed by atoms with Crippen molar-refractivity contribution in [2.75, 3.05) is 13.7 Å². The molecule has 1 unspecified atom stereocenters. The van der Waals surface area contributed by atoms with Gasteiger partial charge in [-0.15, -0.1) is 0 Å². The molecular weight excluding hydrogens is 322 g/mol. The molecule has 1 aromatic heterocycles. The number of hydrogen-bond acceptors (Lipinski definition) is 3. The zero-order valence-electron chi connectivity index (χ0n) is 14.0. The number of benzene rings is 2. The maximum Gasteiger partial charge on any atom is 0.137 e. The van der Waals surface area contributed by atoms with Gasteiger partial charge >= 0.3 is 0 Å². The number of fused-ring (bicyclic) bond motifs is 1. The highest BCUT2D eigenvalue weighted by molar-refractivity contribution is 6.34. The maximum absolute atomic E-state index is 6.33. The predicted octanol–water partition coefficient (Wildman–Crippen LogP) is 5.28. The average Bonchev–Trinajstić information content (AvgIpc) is 2.57. The maximum atomic E-state index is 6.33. The fourth-order valence-electron chi connectivity index (χ4n) is 2.85. The lowest BCUT2D eigenvalue weighted by Crippen LogP contribution is -2.17. The Kier molecular flexibility index (Phi) is 5.03. The van der Waals surface area contributed by atoms with Crippen LogP contribution in [-0.2, 0) is 4.74 Å². The van der Waals surface area contributed by atoms with Crippen molar-refractivity contribution in [1.29, 1.82) is 0 Å². The first kappa shape index (κ1) is 16.7. The van der Waals surface area contributed by atoms with Crippen LogP contribution in [0.15, 0.2) is 48.7 Å². The van der Waals surface area contributed by atoms with Gasteiger partial charge in [-0.1, -0.05) is 35.9 Å². The number of rotatable bonds is 5. The third-order valence-corrected chi connectivity index (χ3v) is 4.29. The van der Waals surface area contributed by atoms with Crippen LogP contribution < -0.4 is 4.74 Å². The minimum atomic E-state index is -0.0289. The van der Waals surface area contributed by atoms with Crippen LogP contribution in [0.1, 0.15) is 12.5 Å². The molecule has 0 aliphatic heterocycles. The molecule has 0 aliphatic rings. The summed E-state index contributed by atoms with van der Waals surface area (Å²) in [6.07, 6.45) is 1.81. The van der Waals surface area contributed by atoms with Crippen molar-refractivity contribution >= 4 is 22.4 Å². The number of halogens is 1. The molecule has 1 atom stereocenters. The van der Waals surface area contributed by atoms with Gasteiger partial charge in [-0.3, -0.25) is 0 Å². The Labute approximate surface area is 147 Å². The second-order valence-electron chi connectivity index (χ2n) is 5.87. The molecule has 4 heteroatoms. The Morgan fingerprint density at radius 1 is 1.08 bits per heavy atom. The lowest BCUT2D eigenvalue weighted by atomic mass is 9.97. The van der Waals surface area contributed by atoms with Crippen LogP contribution in [0.3, 0.4) is 0 Å². The minimum Gasteiger partial charge on any atom is -0.488 e. The molecule has 0 amide bonds. The molecule has 0 spiro atoms. The van der Waals surface area contributed by atoms with E-state index in [-0.39, 0.29) is 6.10 Å². The Hall–Kier alpha value is -2.10. The Morgan fingerprint density at radius 3 is 2.62 bits per heavy atom. The molecule has 0 saturated carbocycles. The molecule has 0 radical (unpaired) electrons. The van der Waals surface area contributed by atoms with E-state index < -0.39 is 0 Å². The SMILES string of the molecule is COCC(C)Oc1ccc2c(-c3ccccc3C)cnc(Cl)c2c1. The van der Waals surface area contributed by atoms with Gasteiger partial charge in [0, 0.05) is 24.3 Å². The van der Waals surface area contributed by atoms with Gasteiger partial charge in [-0.25, -0.2) is 4.98 Å². The van der Waals surface area contributed by atoms with Gasteiger partial charge in [-0.05, 0) is 48.6 Å². The summed E-state index contributed by atoms with van der Waals surface area (Å²) >= 11 is 6.33. The van der Waals surface area contributed by atoms with Crippen molar-refractivity contribution < 1.29 is 9.47 Å². The summed E-state index contributed by atoms with van der Waals surface area (Å²) in [4.78, 5) is 4.37. The van der Waals surface area contributed by atoms with Crippen LogP contribution in [0.2, 0.25) is 5.15 Å². The van der Waals surface area contributed by atoms with Gasteiger partial charge in [0.15, 0.2) is 0 Å². The largest absolute Gasteiger partial charge is 0.488 e. The molecule has 2 aromatic carbocycles. The number of nitrogens with zero attached hydrogens (tertiary/aromatic N) is 1. The molecule has 0 bridgehead atoms. The summed E-state index contributed by atoms with van der Waals surface area (Å²) < 4.78 is 11.0. The molecule has 3 aromatic rings. The average molecular weight is 342 g/mol. The van der Waals surface area contributed by atoms with Crippen LogP contribution in [0, 0.1) is 6.92 Å². The molecule has 3 rings (SSSR count). The lowest BCUT2D eigenvalue weighted by molar-refractivity contribution is 0.0922. The van der Waals surface area contributed by atoms with Crippen molar-refractivity contribution in [2.24, 2.45) is 0 Å². The van der Waals surface area contributed by atoms with E-state index in [0.29, 0.717) is 11.8 Å². The van der Waals surface area contributed by atoms with Crippen molar-refractivity contribution in [3.8, 4) is 16.9 Å². The lowest BCUT2D eigenvalue weighted by Gasteiger charge is -2.15. The van der Waals surface area contributed by atoms with Gasteiger partial charge in [0.05, 0.1) is 6.61 Å². The molecular formula is C20H20ClNO2. The van der Waals surface area contributed by atoms with Crippen molar-refractivity contribution in [2.45, 2.75) is 20.0 Å². The summed E-state index contributed by atoms with van der Waals surface area (Å²) in [5.74, 6) is 0.762. The third-order valence-electron chi connectivity index (χ3n) is 3.98. The first-order valence-electron chi connectivity index (χ1n) is 7.90. The van der Waals surface area contributed by atoms with Crippen LogP contribution in [0.5, 0.6) is 5.75 Å². The summed E-state index contributed by atoms with van der Waals surface area (Å²) in [6, 6.07) is 14.2. The molecule has 124 valence electrons. The minimum absolute atomic E-state index is 0.0289. The molecule has 24 heavy (non-hydrogen) atoms. The van der Waals surface area contributed by atoms with E-state index >= 15 is 0 Å². The normalized spacial score (nSPS) is 12.3. The molecule has 3 nitrogen and oxygen atoms in total. The molecule has 0 aliphatic carbocycles. The number of hydrogen-bond donors (Lipinski definition) is 0. The Morgan fingerprint density at radius 2 is 1.88 bits per heavy atom. The van der Waals surface area contributed by atoms with Gasteiger partial charge in [0.25, 0.3) is 0 Å². The fourth-order valence-corrected chi connectivity index (χ4v) is 3.06. The molecule has 0 N–H and O–H groups in total. The van der Waals surface area contributed by atoms with E-state index in [4.69, 9.17) is 21.1 Å². The zero-order valence-corrected chi connectivity index (χ0v) is 14.8. The number of methoxy groups -OCH3 is 1. The zero-order chi connectivity index (χ0) is 17.1. The van der Waals surface area contributed by atoms with Crippen molar-refractivity contribution in [3.05, 3.63) is 59.4 Å². The quantitative estimate of drug-likeness (QED) is 0.592. The highest BCUT2D eigenvalue weighted by atomic mass is 35.5. The topological polar surface area (TPSA) is 31.4 Å². The second kappa shape index (κ2) is 7.20. The van der Waals surface area contributed by atoms with Gasteiger partial charge < -0.3 is 9.47 Å². The molecule has 0 saturated heterocycles. The summed E-state index contributed by atoms with van der Waals surface area (Å²) in [5, 5.41) is 2.43.